The van der Waals surface area contributed by atoms with E-state index < -0.39 is 6.04 Å². The minimum Gasteiger partial charge on any atom is -0.510 e. The molecule has 0 radical (unpaired) electrons. The summed E-state index contributed by atoms with van der Waals surface area (Å²) in [7, 11) is 0. The summed E-state index contributed by atoms with van der Waals surface area (Å²) in [6.07, 6.45) is 2.21. The normalized spacial score (nSPS) is 13.2. The Labute approximate surface area is 477 Å². The van der Waals surface area contributed by atoms with Crippen LogP contribution in [0, 0.1) is 12.1 Å². The van der Waals surface area contributed by atoms with Crippen molar-refractivity contribution in [3.05, 3.63) is 235 Å². The van der Waals surface area contributed by atoms with Crippen LogP contribution in [0.1, 0.15) is 85.9 Å². The zero-order valence-corrected chi connectivity index (χ0v) is 47.5. The fourth-order valence-electron chi connectivity index (χ4n) is 10.9. The Morgan fingerprint density at radius 3 is 1.90 bits per heavy atom. The van der Waals surface area contributed by atoms with Crippen LogP contribution in [0.15, 0.2) is 211 Å². The quantitative estimate of drug-likeness (QED) is 0.162. The molecule has 0 aliphatic carbocycles. The van der Waals surface area contributed by atoms with Crippen LogP contribution in [0.4, 0.5) is 0 Å². The van der Waals surface area contributed by atoms with Crippen LogP contribution in [0.5, 0.6) is 0 Å². The second kappa shape index (κ2) is 19.1. The van der Waals surface area contributed by atoms with Gasteiger partial charge < -0.3 is 18.0 Å². The number of rotatable bonds is 2. The first-order valence-electron chi connectivity index (χ1n) is 28.9. The van der Waals surface area contributed by atoms with E-state index in [2.05, 4.69) is 234 Å². The van der Waals surface area contributed by atoms with E-state index in [0.29, 0.717) is 27.9 Å². The Morgan fingerprint density at radius 2 is 1.15 bits per heavy atom. The number of hydrogen-bond donors (Lipinski definition) is 0. The van der Waals surface area contributed by atoms with E-state index in [1.807, 2.05) is 30.3 Å². The van der Waals surface area contributed by atoms with E-state index in [9.17, 15) is 0 Å². The SMILES string of the molecule is [2H]c1c([2H])c([2H])c(-c2ccc3c(c2)c2ccc4[c-]c2n3c2cc(C(C)(C)C)cc(n2)c2cccc(c2)c2ccccc2c2cc(C(C)(C)C)cc(-c3ccccc3)c2n2[cH-]n(c3[c-]c(cc(C(C)(C)C)c3)o4)-c3ccccc3-2)c([2H])c1[2H].[Pt]. The van der Waals surface area contributed by atoms with Crippen LogP contribution in [0.2, 0.25) is 0 Å². The average Bonchev–Trinajstić information content (AvgIpc) is 3.30. The first-order chi connectivity index (χ1) is 39.1. The van der Waals surface area contributed by atoms with Crippen molar-refractivity contribution in [2.24, 2.45) is 0 Å². The van der Waals surface area contributed by atoms with Crippen molar-refractivity contribution in [3.8, 4) is 33.6 Å². The Bertz CT molecular complexity index is 4910. The molecule has 0 spiro atoms. The maximum absolute atomic E-state index is 8.94. The number of para-hydroxylation sites is 2. The molecule has 9 aromatic carbocycles. The van der Waals surface area contributed by atoms with E-state index in [4.69, 9.17) is 16.3 Å². The maximum Gasteiger partial charge on any atom is 0.136 e. The Morgan fingerprint density at radius 1 is 0.487 bits per heavy atom. The van der Waals surface area contributed by atoms with Gasteiger partial charge in [0.2, 0.25) is 0 Å². The number of imidazole rings is 1. The fraction of sp³-hybridized carbons (Fsp3) is 0.167. The molecule has 0 amide bonds. The molecule has 10 bridgehead atoms. The molecule has 0 unspecified atom stereocenters. The van der Waals surface area contributed by atoms with E-state index in [1.165, 1.54) is 5.56 Å². The molecule has 1 aliphatic heterocycles. The van der Waals surface area contributed by atoms with Gasteiger partial charge in [-0.1, -0.05) is 219 Å². The van der Waals surface area contributed by atoms with Crippen LogP contribution in [-0.4, -0.2) is 18.5 Å². The van der Waals surface area contributed by atoms with Crippen molar-refractivity contribution in [3.63, 3.8) is 0 Å². The molecule has 0 atom stereocenters. The topological polar surface area (TPSA) is 40.3 Å². The second-order valence-electron chi connectivity index (χ2n) is 23.5. The van der Waals surface area contributed by atoms with Gasteiger partial charge in [0.1, 0.15) is 5.65 Å². The van der Waals surface area contributed by atoms with Crippen molar-refractivity contribution in [2.75, 3.05) is 0 Å². The summed E-state index contributed by atoms with van der Waals surface area (Å²) in [6, 6.07) is 65.6. The van der Waals surface area contributed by atoms with E-state index in [0.717, 1.165) is 93.4 Å². The minimum absolute atomic E-state index is 0. The molecule has 13 rings (SSSR count). The van der Waals surface area contributed by atoms with Crippen LogP contribution in [0.25, 0.3) is 116 Å². The Hall–Kier alpha value is -8.11. The summed E-state index contributed by atoms with van der Waals surface area (Å²) in [5.41, 5.74) is 13.2. The van der Waals surface area contributed by atoms with Gasteiger partial charge in [-0.25, -0.2) is 4.98 Å². The molecule has 5 nitrogen and oxygen atoms in total. The molecule has 78 heavy (non-hydrogen) atoms. The van der Waals surface area contributed by atoms with Crippen molar-refractivity contribution >= 4 is 82.1 Å². The third-order valence-electron chi connectivity index (χ3n) is 15.1. The Balaban J connectivity index is 0.00000680. The summed E-state index contributed by atoms with van der Waals surface area (Å²) < 4.78 is 57.1. The van der Waals surface area contributed by atoms with Crippen LogP contribution < -0.4 is 0 Å². The zero-order valence-electron chi connectivity index (χ0n) is 50.3. The van der Waals surface area contributed by atoms with Gasteiger partial charge in [0, 0.05) is 49.5 Å². The number of pyridine rings is 1. The average molecular weight is 1200 g/mol. The zero-order chi connectivity index (χ0) is 57.3. The van der Waals surface area contributed by atoms with Gasteiger partial charge in [0.05, 0.1) is 12.4 Å². The number of nitrogens with zero attached hydrogens (tertiary/aromatic N) is 4. The molecular formula is C72H61N4OPt-3. The van der Waals surface area contributed by atoms with E-state index >= 15 is 0 Å². The molecule has 0 N–H and O–H groups in total. The van der Waals surface area contributed by atoms with E-state index in [-0.39, 0.29) is 67.0 Å². The number of benzene rings is 9. The largest absolute Gasteiger partial charge is 0.510 e. The molecule has 1 aliphatic rings. The molecule has 6 heteroatoms. The molecule has 0 saturated carbocycles. The maximum atomic E-state index is 8.94. The number of aromatic nitrogens is 4. The molecule has 0 fully saturated rings. The molecule has 4 heterocycles. The van der Waals surface area contributed by atoms with Gasteiger partial charge >= 0.3 is 0 Å². The summed E-state index contributed by atoms with van der Waals surface area (Å²) >= 11 is 0. The van der Waals surface area contributed by atoms with Gasteiger partial charge in [0.15, 0.2) is 0 Å². The van der Waals surface area contributed by atoms with Crippen molar-refractivity contribution in [1.82, 2.24) is 18.5 Å². The molecule has 3 aromatic heterocycles. The predicted molar refractivity (Wildman–Crippen MR) is 324 cm³/mol. The molecule has 12 aromatic rings. The molecular weight excluding hydrogens is 1130 g/mol. The molecule has 0 saturated heterocycles. The van der Waals surface area contributed by atoms with Gasteiger partial charge in [-0.15, -0.1) is 29.1 Å². The van der Waals surface area contributed by atoms with Gasteiger partial charge in [0.25, 0.3) is 0 Å². The number of fused-ring (bicyclic) bond motifs is 23. The standard InChI is InChI=1S/C72H61N4O.Pt/c1-70(2,3)51-37-54-43-56(38-51)77-55-32-33-59-61-36-48(46-21-12-10-13-22-46)31-34-64(61)76(67(59)44-55)68-42-53(72(7,8)9)41-63(73-68)50-26-20-25-49(35-50)57-27-16-17-28-58(57)62-40-52(71(4,5)6)39-60(47-23-14-11-15-24-47)69(62)75-45-74(54)65-29-18-19-30-66(65)75;/h10-42,45H,1-9H3;/q-3;/i10D,12D,13D,21D,22D;. The van der Waals surface area contributed by atoms with Crippen molar-refractivity contribution < 1.29 is 32.3 Å². The van der Waals surface area contributed by atoms with Crippen LogP contribution >= 0.6 is 0 Å². The third-order valence-corrected chi connectivity index (χ3v) is 15.1. The number of hydrogen-bond acceptors (Lipinski definition) is 2. The first-order valence-corrected chi connectivity index (χ1v) is 26.4. The first kappa shape index (κ1) is 45.0. The summed E-state index contributed by atoms with van der Waals surface area (Å²) in [4.78, 5) is 5.60. The fourth-order valence-corrected chi connectivity index (χ4v) is 10.9. The van der Waals surface area contributed by atoms with Crippen LogP contribution in [0.3, 0.4) is 0 Å². The summed E-state index contributed by atoms with van der Waals surface area (Å²) in [5, 5.41) is 6.84. The summed E-state index contributed by atoms with van der Waals surface area (Å²) in [6.45, 7) is 20.1. The molecule has 388 valence electrons. The second-order valence-corrected chi connectivity index (χ2v) is 23.5. The summed E-state index contributed by atoms with van der Waals surface area (Å²) in [5.74, 6) is 0. The monoisotopic (exact) mass is 1200 g/mol. The predicted octanol–water partition coefficient (Wildman–Crippen LogP) is 19.4. The Kier molecular flexibility index (Phi) is 11.0. The van der Waals surface area contributed by atoms with Crippen LogP contribution in [-0.2, 0) is 37.3 Å². The van der Waals surface area contributed by atoms with E-state index in [1.54, 1.807) is 0 Å². The van der Waals surface area contributed by atoms with Crippen molar-refractivity contribution in [2.45, 2.75) is 78.6 Å². The third kappa shape index (κ3) is 8.98. The van der Waals surface area contributed by atoms with Gasteiger partial charge in [-0.3, -0.25) is 0 Å². The minimum atomic E-state index is -0.433. The van der Waals surface area contributed by atoms with Gasteiger partial charge in [-0.2, -0.15) is 23.8 Å². The van der Waals surface area contributed by atoms with Crippen molar-refractivity contribution in [1.29, 1.82) is 0 Å². The smallest absolute Gasteiger partial charge is 0.136 e. The van der Waals surface area contributed by atoms with Gasteiger partial charge in [-0.05, 0) is 118 Å².